The standard InChI is InChI=1S/C24H28N2O4/c1-15-10-11-16(2)21(12-15)25-23(28)18(4)30-24(29)20-13-22(27)26(14-20)17(3)19-8-6-5-7-9-19/h5-12,17-18,20H,13-14H2,1-4H3,(H,25,28)/t17-,18+,20+/m0/s1. The highest BCUT2D eigenvalue weighted by atomic mass is 16.5. The number of aryl methyl sites for hydroxylation is 2. The molecule has 30 heavy (non-hydrogen) atoms. The molecule has 0 aromatic heterocycles. The first-order valence-corrected chi connectivity index (χ1v) is 10.2. The lowest BCUT2D eigenvalue weighted by Crippen LogP contribution is -2.34. The number of rotatable bonds is 6. The first kappa shape index (κ1) is 21.6. The first-order chi connectivity index (χ1) is 14.3. The van der Waals surface area contributed by atoms with Gasteiger partial charge in [-0.2, -0.15) is 0 Å². The van der Waals surface area contributed by atoms with Crippen molar-refractivity contribution in [2.75, 3.05) is 11.9 Å². The highest BCUT2D eigenvalue weighted by molar-refractivity contribution is 5.96. The molecule has 0 spiro atoms. The summed E-state index contributed by atoms with van der Waals surface area (Å²) in [6.07, 6.45) is -0.852. The molecule has 1 saturated heterocycles. The zero-order valence-corrected chi connectivity index (χ0v) is 17.8. The zero-order chi connectivity index (χ0) is 21.8. The van der Waals surface area contributed by atoms with Crippen molar-refractivity contribution in [1.82, 2.24) is 4.90 Å². The molecule has 6 heteroatoms. The van der Waals surface area contributed by atoms with Crippen LogP contribution in [0, 0.1) is 19.8 Å². The average molecular weight is 408 g/mol. The maximum Gasteiger partial charge on any atom is 0.312 e. The van der Waals surface area contributed by atoms with E-state index in [0.717, 1.165) is 16.7 Å². The van der Waals surface area contributed by atoms with Gasteiger partial charge in [0.2, 0.25) is 5.91 Å². The van der Waals surface area contributed by atoms with E-state index in [1.54, 1.807) is 11.8 Å². The van der Waals surface area contributed by atoms with Crippen molar-refractivity contribution in [2.24, 2.45) is 5.92 Å². The van der Waals surface area contributed by atoms with Crippen molar-refractivity contribution < 1.29 is 19.1 Å². The normalized spacial score (nSPS) is 18.1. The largest absolute Gasteiger partial charge is 0.452 e. The predicted molar refractivity (Wildman–Crippen MR) is 115 cm³/mol. The second-order valence-electron chi connectivity index (χ2n) is 7.92. The smallest absolute Gasteiger partial charge is 0.312 e. The molecule has 0 saturated carbocycles. The Morgan fingerprint density at radius 1 is 1.10 bits per heavy atom. The summed E-state index contributed by atoms with van der Waals surface area (Å²) in [4.78, 5) is 39.3. The van der Waals surface area contributed by atoms with Crippen molar-refractivity contribution in [1.29, 1.82) is 0 Å². The Morgan fingerprint density at radius 3 is 2.50 bits per heavy atom. The van der Waals surface area contributed by atoms with Gasteiger partial charge in [0.15, 0.2) is 6.10 Å². The molecule has 158 valence electrons. The van der Waals surface area contributed by atoms with E-state index >= 15 is 0 Å². The Labute approximate surface area is 177 Å². The average Bonchev–Trinajstić information content (AvgIpc) is 3.12. The van der Waals surface area contributed by atoms with Gasteiger partial charge in [0.05, 0.1) is 12.0 Å². The molecule has 6 nitrogen and oxygen atoms in total. The van der Waals surface area contributed by atoms with Crippen molar-refractivity contribution in [2.45, 2.75) is 46.3 Å². The summed E-state index contributed by atoms with van der Waals surface area (Å²) in [5, 5.41) is 2.81. The van der Waals surface area contributed by atoms with Crippen LogP contribution >= 0.6 is 0 Å². The van der Waals surface area contributed by atoms with Crippen LogP contribution in [0.5, 0.6) is 0 Å². The van der Waals surface area contributed by atoms with E-state index in [0.29, 0.717) is 12.2 Å². The molecule has 0 unspecified atom stereocenters. The van der Waals surface area contributed by atoms with Gasteiger partial charge in [0, 0.05) is 18.7 Å². The lowest BCUT2D eigenvalue weighted by atomic mass is 10.1. The number of amides is 2. The van der Waals surface area contributed by atoms with Crippen LogP contribution in [-0.2, 0) is 19.1 Å². The van der Waals surface area contributed by atoms with Crippen LogP contribution in [0.15, 0.2) is 48.5 Å². The van der Waals surface area contributed by atoms with Crippen molar-refractivity contribution >= 4 is 23.5 Å². The summed E-state index contributed by atoms with van der Waals surface area (Å²) < 4.78 is 5.39. The van der Waals surface area contributed by atoms with Gasteiger partial charge in [-0.3, -0.25) is 14.4 Å². The zero-order valence-electron chi connectivity index (χ0n) is 17.8. The molecule has 0 aliphatic carbocycles. The molecule has 1 aliphatic heterocycles. The fourth-order valence-electron chi connectivity index (χ4n) is 3.60. The number of benzene rings is 2. The molecule has 3 rings (SSSR count). The quantitative estimate of drug-likeness (QED) is 0.738. The van der Waals surface area contributed by atoms with E-state index in [9.17, 15) is 14.4 Å². The van der Waals surface area contributed by atoms with Crippen LogP contribution in [0.4, 0.5) is 5.69 Å². The van der Waals surface area contributed by atoms with E-state index in [1.807, 2.05) is 69.3 Å². The number of nitrogens with one attached hydrogen (secondary N) is 1. The van der Waals surface area contributed by atoms with E-state index in [-0.39, 0.29) is 18.4 Å². The highest BCUT2D eigenvalue weighted by Gasteiger charge is 2.38. The highest BCUT2D eigenvalue weighted by Crippen LogP contribution is 2.29. The molecule has 3 atom stereocenters. The molecule has 0 bridgehead atoms. The lowest BCUT2D eigenvalue weighted by Gasteiger charge is -2.25. The van der Waals surface area contributed by atoms with Gasteiger partial charge in [-0.15, -0.1) is 0 Å². The number of anilines is 1. The predicted octanol–water partition coefficient (Wildman–Crippen LogP) is 3.78. The number of nitrogens with zero attached hydrogens (tertiary/aromatic N) is 1. The topological polar surface area (TPSA) is 75.7 Å². The third-order valence-electron chi connectivity index (χ3n) is 5.55. The number of hydrogen-bond acceptors (Lipinski definition) is 4. The first-order valence-electron chi connectivity index (χ1n) is 10.2. The minimum absolute atomic E-state index is 0.0826. The second kappa shape index (κ2) is 9.11. The van der Waals surface area contributed by atoms with Gasteiger partial charge < -0.3 is 15.0 Å². The fraction of sp³-hybridized carbons (Fsp3) is 0.375. The van der Waals surface area contributed by atoms with Crippen LogP contribution < -0.4 is 5.32 Å². The summed E-state index contributed by atoms with van der Waals surface area (Å²) in [6.45, 7) is 7.62. The third-order valence-corrected chi connectivity index (χ3v) is 5.55. The Bertz CT molecular complexity index is 941. The second-order valence-corrected chi connectivity index (χ2v) is 7.92. The molecule has 2 amide bonds. The van der Waals surface area contributed by atoms with Gasteiger partial charge in [0.25, 0.3) is 5.91 Å². The van der Waals surface area contributed by atoms with Crippen LogP contribution in [0.25, 0.3) is 0 Å². The van der Waals surface area contributed by atoms with Crippen LogP contribution in [0.1, 0.15) is 43.0 Å². The van der Waals surface area contributed by atoms with Crippen LogP contribution in [-0.4, -0.2) is 35.3 Å². The summed E-state index contributed by atoms with van der Waals surface area (Å²) in [6, 6.07) is 15.3. The minimum atomic E-state index is -0.951. The molecule has 1 N–H and O–H groups in total. The maximum atomic E-state index is 12.6. The molecular weight excluding hydrogens is 380 g/mol. The van der Waals surface area contributed by atoms with Gasteiger partial charge in [-0.05, 0) is 50.5 Å². The number of ether oxygens (including phenoxy) is 1. The van der Waals surface area contributed by atoms with E-state index in [4.69, 9.17) is 4.74 Å². The number of hydrogen-bond donors (Lipinski definition) is 1. The van der Waals surface area contributed by atoms with Gasteiger partial charge in [-0.1, -0.05) is 42.5 Å². The monoisotopic (exact) mass is 408 g/mol. The van der Waals surface area contributed by atoms with Gasteiger partial charge in [-0.25, -0.2) is 0 Å². The summed E-state index contributed by atoms with van der Waals surface area (Å²) in [7, 11) is 0. The van der Waals surface area contributed by atoms with E-state index in [1.165, 1.54) is 0 Å². The van der Waals surface area contributed by atoms with E-state index < -0.39 is 23.9 Å². The number of likely N-dealkylation sites (tertiary alicyclic amines) is 1. The molecule has 0 radical (unpaired) electrons. The lowest BCUT2D eigenvalue weighted by molar-refractivity contribution is -0.157. The van der Waals surface area contributed by atoms with Gasteiger partial charge in [0.1, 0.15) is 0 Å². The molecular formula is C24H28N2O4. The minimum Gasteiger partial charge on any atom is -0.452 e. The Morgan fingerprint density at radius 2 is 1.80 bits per heavy atom. The summed E-state index contributed by atoms with van der Waals surface area (Å²) >= 11 is 0. The Balaban J connectivity index is 1.58. The number of carbonyl (C=O) groups excluding carboxylic acids is 3. The van der Waals surface area contributed by atoms with Crippen molar-refractivity contribution in [3.63, 3.8) is 0 Å². The van der Waals surface area contributed by atoms with Crippen LogP contribution in [0.2, 0.25) is 0 Å². The molecule has 1 aliphatic rings. The summed E-state index contributed by atoms with van der Waals surface area (Å²) in [5.41, 5.74) is 3.67. The van der Waals surface area contributed by atoms with Crippen molar-refractivity contribution in [3.05, 3.63) is 65.2 Å². The van der Waals surface area contributed by atoms with E-state index in [2.05, 4.69) is 5.32 Å². The van der Waals surface area contributed by atoms with Gasteiger partial charge >= 0.3 is 5.97 Å². The Kier molecular flexibility index (Phi) is 6.55. The third kappa shape index (κ3) is 4.87. The van der Waals surface area contributed by atoms with Crippen molar-refractivity contribution in [3.8, 4) is 0 Å². The maximum absolute atomic E-state index is 12.6. The number of esters is 1. The summed E-state index contributed by atoms with van der Waals surface area (Å²) in [5.74, 6) is -1.56. The Hall–Kier alpha value is -3.15. The molecule has 2 aromatic rings. The molecule has 2 aromatic carbocycles. The van der Waals surface area contributed by atoms with Crippen LogP contribution in [0.3, 0.4) is 0 Å². The number of carbonyl (C=O) groups is 3. The SMILES string of the molecule is Cc1ccc(C)c(NC(=O)[C@@H](C)OC(=O)[C@@H]2CC(=O)N([C@@H](C)c3ccccc3)C2)c1. The molecule has 1 fully saturated rings. The molecule has 1 heterocycles. The fourth-order valence-corrected chi connectivity index (χ4v) is 3.60.